The fourth-order valence-electron chi connectivity index (χ4n) is 2.54. The standard InChI is InChI=1S/C18H20N2O4/c1-4-19(5-2)18(21)14-9-10-16(17(12-14)20(22)23)13-7-6-8-15(11-13)24-3/h6-12H,4-5H2,1-3H3. The van der Waals surface area contributed by atoms with E-state index in [1.165, 1.54) is 6.07 Å². The molecule has 0 bridgehead atoms. The molecule has 2 rings (SSSR count). The van der Waals surface area contributed by atoms with Crippen molar-refractivity contribution in [3.63, 3.8) is 0 Å². The van der Waals surface area contributed by atoms with E-state index in [1.807, 2.05) is 13.8 Å². The molecule has 24 heavy (non-hydrogen) atoms. The summed E-state index contributed by atoms with van der Waals surface area (Å²) in [6.45, 7) is 4.86. The molecular formula is C18H20N2O4. The summed E-state index contributed by atoms with van der Waals surface area (Å²) >= 11 is 0. The molecule has 0 heterocycles. The Morgan fingerprint density at radius 1 is 1.17 bits per heavy atom. The molecule has 0 fully saturated rings. The van der Waals surface area contributed by atoms with Crippen LogP contribution in [0.25, 0.3) is 11.1 Å². The van der Waals surface area contributed by atoms with Crippen LogP contribution in [0.15, 0.2) is 42.5 Å². The molecule has 0 aliphatic rings. The summed E-state index contributed by atoms with van der Waals surface area (Å²) in [7, 11) is 1.54. The van der Waals surface area contributed by atoms with Crippen molar-refractivity contribution in [1.29, 1.82) is 0 Å². The van der Waals surface area contributed by atoms with Crippen molar-refractivity contribution in [3.8, 4) is 16.9 Å². The molecule has 0 saturated carbocycles. The van der Waals surface area contributed by atoms with E-state index in [-0.39, 0.29) is 11.6 Å². The molecule has 2 aromatic rings. The van der Waals surface area contributed by atoms with Gasteiger partial charge in [0.2, 0.25) is 0 Å². The monoisotopic (exact) mass is 328 g/mol. The zero-order valence-electron chi connectivity index (χ0n) is 14.0. The quantitative estimate of drug-likeness (QED) is 0.598. The molecule has 0 spiro atoms. The number of rotatable bonds is 6. The fraction of sp³-hybridized carbons (Fsp3) is 0.278. The second-order valence-corrected chi connectivity index (χ2v) is 5.20. The van der Waals surface area contributed by atoms with E-state index in [9.17, 15) is 14.9 Å². The lowest BCUT2D eigenvalue weighted by atomic mass is 10.0. The van der Waals surface area contributed by atoms with Gasteiger partial charge in [-0.3, -0.25) is 14.9 Å². The van der Waals surface area contributed by atoms with E-state index >= 15 is 0 Å². The van der Waals surface area contributed by atoms with Crippen molar-refractivity contribution in [2.45, 2.75) is 13.8 Å². The summed E-state index contributed by atoms with van der Waals surface area (Å²) in [6.07, 6.45) is 0. The summed E-state index contributed by atoms with van der Waals surface area (Å²) in [5, 5.41) is 11.5. The van der Waals surface area contributed by atoms with Gasteiger partial charge in [-0.2, -0.15) is 0 Å². The number of nitro benzene ring substituents is 1. The van der Waals surface area contributed by atoms with Gasteiger partial charge >= 0.3 is 0 Å². The first-order valence-electron chi connectivity index (χ1n) is 7.73. The van der Waals surface area contributed by atoms with Gasteiger partial charge in [0, 0.05) is 24.7 Å². The molecule has 0 atom stereocenters. The van der Waals surface area contributed by atoms with Crippen molar-refractivity contribution >= 4 is 11.6 Å². The predicted molar refractivity (Wildman–Crippen MR) is 92.3 cm³/mol. The Morgan fingerprint density at radius 2 is 1.88 bits per heavy atom. The van der Waals surface area contributed by atoms with Crippen molar-refractivity contribution in [1.82, 2.24) is 4.90 Å². The van der Waals surface area contributed by atoms with Crippen LogP contribution in [-0.2, 0) is 0 Å². The molecule has 0 aromatic heterocycles. The number of nitrogens with zero attached hydrogens (tertiary/aromatic N) is 2. The fourth-order valence-corrected chi connectivity index (χ4v) is 2.54. The van der Waals surface area contributed by atoms with Gasteiger partial charge in [0.25, 0.3) is 11.6 Å². The third kappa shape index (κ3) is 3.53. The average molecular weight is 328 g/mol. The van der Waals surface area contributed by atoms with Crippen molar-refractivity contribution in [2.24, 2.45) is 0 Å². The second kappa shape index (κ2) is 7.59. The topological polar surface area (TPSA) is 72.7 Å². The van der Waals surface area contributed by atoms with Crippen LogP contribution in [0.4, 0.5) is 5.69 Å². The van der Waals surface area contributed by atoms with Gasteiger partial charge in [0.15, 0.2) is 0 Å². The van der Waals surface area contributed by atoms with Crippen LogP contribution in [0.2, 0.25) is 0 Å². The van der Waals surface area contributed by atoms with Gasteiger partial charge in [0.05, 0.1) is 17.6 Å². The van der Waals surface area contributed by atoms with Crippen LogP contribution in [0.3, 0.4) is 0 Å². The maximum absolute atomic E-state index is 12.4. The Hall–Kier alpha value is -2.89. The first-order chi connectivity index (χ1) is 11.5. The van der Waals surface area contributed by atoms with E-state index in [0.717, 1.165) is 0 Å². The van der Waals surface area contributed by atoms with Gasteiger partial charge in [-0.25, -0.2) is 0 Å². The zero-order valence-corrected chi connectivity index (χ0v) is 14.0. The number of ether oxygens (including phenoxy) is 1. The normalized spacial score (nSPS) is 10.3. The molecule has 0 aliphatic carbocycles. The molecule has 0 saturated heterocycles. The number of methoxy groups -OCH3 is 1. The van der Waals surface area contributed by atoms with Gasteiger partial charge < -0.3 is 9.64 Å². The molecule has 126 valence electrons. The number of hydrogen-bond acceptors (Lipinski definition) is 4. The molecule has 0 aliphatic heterocycles. The zero-order chi connectivity index (χ0) is 17.7. The number of benzene rings is 2. The van der Waals surface area contributed by atoms with Crippen molar-refractivity contribution in [3.05, 3.63) is 58.1 Å². The smallest absolute Gasteiger partial charge is 0.277 e. The van der Waals surface area contributed by atoms with Crippen LogP contribution in [-0.4, -0.2) is 35.9 Å². The molecule has 2 aromatic carbocycles. The predicted octanol–water partition coefficient (Wildman–Crippen LogP) is 3.75. The van der Waals surface area contributed by atoms with E-state index in [2.05, 4.69) is 0 Å². The van der Waals surface area contributed by atoms with E-state index in [4.69, 9.17) is 4.74 Å². The average Bonchev–Trinajstić information content (AvgIpc) is 2.62. The minimum absolute atomic E-state index is 0.0961. The van der Waals surface area contributed by atoms with Gasteiger partial charge in [0.1, 0.15) is 5.75 Å². The molecule has 6 heteroatoms. The molecule has 6 nitrogen and oxygen atoms in total. The first kappa shape index (κ1) is 17.5. The lowest BCUT2D eigenvalue weighted by Gasteiger charge is -2.18. The van der Waals surface area contributed by atoms with Crippen molar-refractivity contribution < 1.29 is 14.5 Å². The maximum atomic E-state index is 12.4. The number of amides is 1. The lowest BCUT2D eigenvalue weighted by molar-refractivity contribution is -0.384. The Morgan fingerprint density at radius 3 is 2.46 bits per heavy atom. The summed E-state index contributed by atoms with van der Waals surface area (Å²) in [6, 6.07) is 11.6. The Labute approximate surface area is 140 Å². The van der Waals surface area contributed by atoms with Crippen LogP contribution >= 0.6 is 0 Å². The number of carbonyl (C=O) groups is 1. The van der Waals surface area contributed by atoms with E-state index < -0.39 is 4.92 Å². The molecule has 0 radical (unpaired) electrons. The summed E-state index contributed by atoms with van der Waals surface area (Å²) in [5.41, 5.74) is 1.34. The molecule has 0 N–H and O–H groups in total. The maximum Gasteiger partial charge on any atom is 0.277 e. The number of nitro groups is 1. The molecule has 1 amide bonds. The summed E-state index contributed by atoms with van der Waals surface area (Å²) in [5.74, 6) is 0.408. The number of hydrogen-bond donors (Lipinski definition) is 0. The van der Waals surface area contributed by atoms with E-state index in [0.29, 0.717) is 35.5 Å². The summed E-state index contributed by atoms with van der Waals surface area (Å²) in [4.78, 5) is 25.1. The Bertz CT molecular complexity index is 754. The van der Waals surface area contributed by atoms with Gasteiger partial charge in [-0.15, -0.1) is 0 Å². The highest BCUT2D eigenvalue weighted by molar-refractivity contribution is 5.96. The largest absolute Gasteiger partial charge is 0.497 e. The van der Waals surface area contributed by atoms with Crippen LogP contribution in [0.1, 0.15) is 24.2 Å². The molecular weight excluding hydrogens is 308 g/mol. The SMILES string of the molecule is CCN(CC)C(=O)c1ccc(-c2cccc(OC)c2)c([N+](=O)[O-])c1. The highest BCUT2D eigenvalue weighted by atomic mass is 16.6. The Kier molecular flexibility index (Phi) is 5.52. The third-order valence-electron chi connectivity index (χ3n) is 3.87. The van der Waals surface area contributed by atoms with Crippen LogP contribution in [0, 0.1) is 10.1 Å². The van der Waals surface area contributed by atoms with Crippen molar-refractivity contribution in [2.75, 3.05) is 20.2 Å². The highest BCUT2D eigenvalue weighted by Crippen LogP contribution is 2.32. The first-order valence-corrected chi connectivity index (χ1v) is 7.73. The highest BCUT2D eigenvalue weighted by Gasteiger charge is 2.21. The second-order valence-electron chi connectivity index (χ2n) is 5.20. The Balaban J connectivity index is 2.51. The minimum atomic E-state index is -0.464. The molecule has 0 unspecified atom stereocenters. The van der Waals surface area contributed by atoms with Gasteiger partial charge in [-0.05, 0) is 43.7 Å². The lowest BCUT2D eigenvalue weighted by Crippen LogP contribution is -2.30. The van der Waals surface area contributed by atoms with E-state index in [1.54, 1.807) is 48.4 Å². The van der Waals surface area contributed by atoms with Gasteiger partial charge in [-0.1, -0.05) is 12.1 Å². The summed E-state index contributed by atoms with van der Waals surface area (Å²) < 4.78 is 5.17. The third-order valence-corrected chi connectivity index (χ3v) is 3.87. The van der Waals surface area contributed by atoms with Crippen LogP contribution < -0.4 is 4.74 Å². The number of carbonyl (C=O) groups excluding carboxylic acids is 1. The minimum Gasteiger partial charge on any atom is -0.497 e. The van der Waals surface area contributed by atoms with Crippen LogP contribution in [0.5, 0.6) is 5.75 Å².